The van der Waals surface area contributed by atoms with Gasteiger partial charge in [-0.25, -0.2) is 9.59 Å². The Balaban J connectivity index is 1.12. The Kier molecular flexibility index (Phi) is 16.2. The number of ether oxygens (including phenoxy) is 5. The third-order valence-electron chi connectivity index (χ3n) is 12.8. The molecule has 1 aliphatic carbocycles. The highest BCUT2D eigenvalue weighted by atomic mass is 28.5. The van der Waals surface area contributed by atoms with E-state index >= 15 is 0 Å². The normalized spacial score (nSPS) is 17.7. The first-order valence-electron chi connectivity index (χ1n) is 22.3. The van der Waals surface area contributed by atoms with Crippen LogP contribution in [0.1, 0.15) is 80.7 Å². The Morgan fingerprint density at radius 3 is 1.65 bits per heavy atom. The number of carbonyl (C=O) groups is 2. The summed E-state index contributed by atoms with van der Waals surface area (Å²) in [6, 6.07) is 30.0. The van der Waals surface area contributed by atoms with Crippen molar-refractivity contribution >= 4 is 37.5 Å². The van der Waals surface area contributed by atoms with Crippen LogP contribution in [0.15, 0.2) is 84.9 Å². The Morgan fingerprint density at radius 1 is 0.651 bits per heavy atom. The van der Waals surface area contributed by atoms with Gasteiger partial charge < -0.3 is 37.0 Å². The zero-order valence-corrected chi connectivity index (χ0v) is 42.6. The van der Waals surface area contributed by atoms with Crippen LogP contribution in [0.3, 0.4) is 0 Å². The Bertz CT molecular complexity index is 2190. The van der Waals surface area contributed by atoms with Crippen molar-refractivity contribution < 1.29 is 46.6 Å². The molecule has 0 aliphatic heterocycles. The van der Waals surface area contributed by atoms with E-state index < -0.39 is 37.5 Å². The molecule has 4 aromatic carbocycles. The van der Waals surface area contributed by atoms with Crippen molar-refractivity contribution in [3.8, 4) is 28.7 Å². The van der Waals surface area contributed by atoms with E-state index in [4.69, 9.17) is 37.0 Å². The second-order valence-corrected chi connectivity index (χ2v) is 32.1. The topological polar surface area (TPSA) is 119 Å². The molecule has 13 heteroatoms. The zero-order chi connectivity index (χ0) is 46.2. The molecule has 2 unspecified atom stereocenters. The van der Waals surface area contributed by atoms with Gasteiger partial charge in [0.1, 0.15) is 5.75 Å². The van der Waals surface area contributed by atoms with Crippen LogP contribution in [-0.4, -0.2) is 56.8 Å². The van der Waals surface area contributed by atoms with Crippen molar-refractivity contribution in [3.05, 3.63) is 113 Å². The summed E-state index contributed by atoms with van der Waals surface area (Å²) in [5, 5.41) is 8.98. The molecule has 342 valence electrons. The number of rotatable bonds is 19. The summed E-state index contributed by atoms with van der Waals surface area (Å²) in [6.07, 6.45) is 4.57. The first-order chi connectivity index (χ1) is 29.6. The maximum Gasteiger partial charge on any atom is 0.519 e. The molecule has 0 heterocycles. The van der Waals surface area contributed by atoms with Gasteiger partial charge in [-0.1, -0.05) is 75.4 Å². The third-order valence-corrected chi connectivity index (χ3v) is 24.3. The minimum Gasteiger partial charge on any atom is -0.493 e. The highest BCUT2D eigenvalue weighted by molar-refractivity contribution is 6.87. The zero-order valence-electron chi connectivity index (χ0n) is 39.6. The second kappa shape index (κ2) is 20.6. The highest BCUT2D eigenvalue weighted by Crippen LogP contribution is 2.53. The SMILES string of the molecule is COc1cc(CCC[Si](C)(C)O[Si](C)(C)O[Si](C)(C)CCCc2ccc(OC(=O)Oc3ccc(C4(c5ccccc5)CCC(C)(C)C(C)C4)cc3C)c(OC)c2)ccc1OC(=O)O. The van der Waals surface area contributed by atoms with Crippen LogP contribution in [0.5, 0.6) is 28.7 Å². The minimum absolute atomic E-state index is 0.107. The number of carboxylic acid groups (broad SMARTS) is 1. The monoisotopic (exact) mass is 914 g/mol. The van der Waals surface area contributed by atoms with Crippen LogP contribution in [-0.2, 0) is 26.5 Å². The van der Waals surface area contributed by atoms with Crippen molar-refractivity contribution in [1.29, 1.82) is 0 Å². The highest BCUT2D eigenvalue weighted by Gasteiger charge is 2.45. The number of aryl methyl sites for hydroxylation is 3. The van der Waals surface area contributed by atoms with Gasteiger partial charge in [-0.15, -0.1) is 0 Å². The maximum atomic E-state index is 13.2. The summed E-state index contributed by atoms with van der Waals surface area (Å²) < 4.78 is 41.1. The van der Waals surface area contributed by atoms with E-state index in [0.717, 1.165) is 73.7 Å². The number of hydrogen-bond donors (Lipinski definition) is 1. The van der Waals surface area contributed by atoms with Gasteiger partial charge in [0.25, 0.3) is 0 Å². The van der Waals surface area contributed by atoms with E-state index in [2.05, 4.69) is 103 Å². The lowest BCUT2D eigenvalue weighted by molar-refractivity contribution is 0.107. The van der Waals surface area contributed by atoms with Gasteiger partial charge in [0.05, 0.1) is 14.2 Å². The molecule has 2 atom stereocenters. The van der Waals surface area contributed by atoms with Gasteiger partial charge in [0.15, 0.2) is 39.6 Å². The molecule has 10 nitrogen and oxygen atoms in total. The van der Waals surface area contributed by atoms with Crippen LogP contribution in [0.2, 0.25) is 51.4 Å². The first kappa shape index (κ1) is 49.6. The summed E-state index contributed by atoms with van der Waals surface area (Å²) >= 11 is 0. The second-order valence-electron chi connectivity index (χ2n) is 19.6. The van der Waals surface area contributed by atoms with Gasteiger partial charge >= 0.3 is 20.9 Å². The molecule has 0 amide bonds. The van der Waals surface area contributed by atoms with E-state index in [0.29, 0.717) is 28.9 Å². The predicted octanol–water partition coefficient (Wildman–Crippen LogP) is 13.5. The van der Waals surface area contributed by atoms with Gasteiger partial charge in [0.2, 0.25) is 0 Å². The fourth-order valence-corrected chi connectivity index (χ4v) is 23.3. The van der Waals surface area contributed by atoms with Crippen LogP contribution >= 0.6 is 0 Å². The number of hydrogen-bond acceptors (Lipinski definition) is 9. The molecule has 1 saturated carbocycles. The average molecular weight is 915 g/mol. The van der Waals surface area contributed by atoms with E-state index in [9.17, 15) is 9.59 Å². The van der Waals surface area contributed by atoms with E-state index in [1.165, 1.54) is 18.2 Å². The summed E-state index contributed by atoms with van der Waals surface area (Å²) in [6.45, 7) is 22.5. The van der Waals surface area contributed by atoms with E-state index in [1.54, 1.807) is 19.2 Å². The molecule has 1 aliphatic rings. The molecule has 0 bridgehead atoms. The first-order valence-corrected chi connectivity index (χ1v) is 31.3. The minimum atomic E-state index is -2.43. The average Bonchev–Trinajstić information content (AvgIpc) is 3.20. The quantitative estimate of drug-likeness (QED) is 0.0553. The molecule has 1 N–H and O–H groups in total. The van der Waals surface area contributed by atoms with Gasteiger partial charge in [-0.2, -0.15) is 0 Å². The van der Waals surface area contributed by atoms with Crippen molar-refractivity contribution in [2.45, 2.75) is 129 Å². The molecule has 63 heavy (non-hydrogen) atoms. The Labute approximate surface area is 379 Å². The summed E-state index contributed by atoms with van der Waals surface area (Å²) in [5.74, 6) is 2.38. The van der Waals surface area contributed by atoms with Gasteiger partial charge in [-0.05, 0) is 173 Å². The van der Waals surface area contributed by atoms with E-state index in [-0.39, 0.29) is 16.6 Å². The standard InChI is InChI=1S/C50H70O10Si3/c1-36-32-41(50(40-20-14-13-15-21-40)29-28-49(3,4)37(2)35-50)24-27-42(36)57-48(53)58-44-26-23-39(34-46(44)55-6)19-17-31-62(9,10)60-63(11,12)59-61(7,8)30-16-18-38-22-25-43(56-47(51)52)45(33-38)54-5/h13-15,20-27,32-34,37H,16-19,28-31,35H2,1-12H3,(H,51,52). The fraction of sp³-hybridized carbons (Fsp3) is 0.480. The largest absolute Gasteiger partial charge is 0.519 e. The lowest BCUT2D eigenvalue weighted by Gasteiger charge is -2.48. The Morgan fingerprint density at radius 2 is 1.16 bits per heavy atom. The third kappa shape index (κ3) is 13.6. The van der Waals surface area contributed by atoms with Crippen LogP contribution in [0.4, 0.5) is 9.59 Å². The molecule has 0 radical (unpaired) electrons. The molecule has 5 rings (SSSR count). The number of methoxy groups -OCH3 is 2. The van der Waals surface area contributed by atoms with Crippen LogP contribution < -0.4 is 23.7 Å². The molecule has 0 saturated heterocycles. The number of benzene rings is 4. The van der Waals surface area contributed by atoms with Crippen molar-refractivity contribution in [1.82, 2.24) is 0 Å². The van der Waals surface area contributed by atoms with Crippen molar-refractivity contribution in [2.24, 2.45) is 11.3 Å². The molecule has 4 aromatic rings. The van der Waals surface area contributed by atoms with Gasteiger partial charge in [0, 0.05) is 5.41 Å². The summed E-state index contributed by atoms with van der Waals surface area (Å²) in [5.41, 5.74) is 5.77. The molecular weight excluding hydrogens is 845 g/mol. The lowest BCUT2D eigenvalue weighted by atomic mass is 9.55. The van der Waals surface area contributed by atoms with E-state index in [1.807, 2.05) is 37.3 Å². The lowest BCUT2D eigenvalue weighted by Crippen LogP contribution is -2.52. The molecule has 0 spiro atoms. The molecular formula is C50H70O10Si3. The fourth-order valence-electron chi connectivity index (χ4n) is 9.28. The van der Waals surface area contributed by atoms with Crippen LogP contribution in [0.25, 0.3) is 0 Å². The number of carbonyl (C=O) groups excluding carboxylic acids is 1. The Hall–Kier alpha value is -4.41. The maximum absolute atomic E-state index is 13.2. The predicted molar refractivity (Wildman–Crippen MR) is 257 cm³/mol. The smallest absolute Gasteiger partial charge is 0.493 e. The summed E-state index contributed by atoms with van der Waals surface area (Å²) in [4.78, 5) is 24.2. The van der Waals surface area contributed by atoms with Crippen LogP contribution in [0, 0.1) is 18.3 Å². The van der Waals surface area contributed by atoms with Crippen molar-refractivity contribution in [2.75, 3.05) is 14.2 Å². The van der Waals surface area contributed by atoms with Gasteiger partial charge in [-0.3, -0.25) is 0 Å². The van der Waals surface area contributed by atoms with Crippen molar-refractivity contribution in [3.63, 3.8) is 0 Å². The molecule has 0 aromatic heterocycles. The molecule has 1 fully saturated rings. The summed E-state index contributed by atoms with van der Waals surface area (Å²) in [7, 11) is -3.47.